The summed E-state index contributed by atoms with van der Waals surface area (Å²) >= 11 is 0. The molecule has 2 aromatic rings. The third kappa shape index (κ3) is 6.64. The second-order valence-electron chi connectivity index (χ2n) is 10.8. The van der Waals surface area contributed by atoms with Crippen molar-refractivity contribution < 1.29 is 34.1 Å². The Morgan fingerprint density at radius 3 is 2.63 bits per heavy atom. The maximum atomic E-state index is 13.5. The normalized spacial score (nSPS) is 26.8. The van der Waals surface area contributed by atoms with E-state index in [-0.39, 0.29) is 50.1 Å². The number of urea groups is 1. The Bertz CT molecular complexity index is 1250. The first kappa shape index (κ1) is 28.8. The quantitative estimate of drug-likeness (QED) is 0.379. The van der Waals surface area contributed by atoms with Crippen molar-refractivity contribution in [2.24, 2.45) is 0 Å². The summed E-state index contributed by atoms with van der Waals surface area (Å²) < 4.78 is 12.3. The summed E-state index contributed by atoms with van der Waals surface area (Å²) in [5, 5.41) is 28.5. The van der Waals surface area contributed by atoms with Gasteiger partial charge in [-0.3, -0.25) is 9.59 Å². The zero-order chi connectivity index (χ0) is 28.9. The van der Waals surface area contributed by atoms with Crippen LogP contribution in [0.3, 0.4) is 0 Å². The van der Waals surface area contributed by atoms with Crippen molar-refractivity contribution in [3.05, 3.63) is 53.6 Å². The van der Waals surface area contributed by atoms with Crippen molar-refractivity contribution >= 4 is 17.8 Å². The van der Waals surface area contributed by atoms with Crippen molar-refractivity contribution in [3.63, 3.8) is 0 Å². The lowest BCUT2D eigenvalue weighted by molar-refractivity contribution is -0.133. The lowest BCUT2D eigenvalue weighted by atomic mass is 9.99. The van der Waals surface area contributed by atoms with Gasteiger partial charge in [0.2, 0.25) is 5.91 Å². The van der Waals surface area contributed by atoms with E-state index in [4.69, 9.17) is 9.47 Å². The monoisotopic (exact) mass is 566 g/mol. The first-order valence-corrected chi connectivity index (χ1v) is 14.3. The van der Waals surface area contributed by atoms with E-state index in [2.05, 4.69) is 16.0 Å². The molecular formula is C30H38N4O7. The van der Waals surface area contributed by atoms with Gasteiger partial charge in [0.15, 0.2) is 0 Å². The number of benzene rings is 2. The fourth-order valence-electron chi connectivity index (χ4n) is 5.71. The van der Waals surface area contributed by atoms with E-state index in [9.17, 15) is 24.6 Å². The van der Waals surface area contributed by atoms with Gasteiger partial charge in [0.05, 0.1) is 31.0 Å². The molecule has 0 unspecified atom stereocenters. The lowest BCUT2D eigenvalue weighted by Gasteiger charge is -2.34. The van der Waals surface area contributed by atoms with Crippen LogP contribution in [-0.4, -0.2) is 89.6 Å². The number of fused-ring (bicyclic) bond motifs is 5. The molecule has 0 aliphatic carbocycles. The molecule has 2 fully saturated rings. The Hall–Kier alpha value is -3.67. The summed E-state index contributed by atoms with van der Waals surface area (Å²) in [6.07, 6.45) is 0.523. The minimum absolute atomic E-state index is 0.0455. The molecule has 3 heterocycles. The van der Waals surface area contributed by atoms with E-state index >= 15 is 0 Å². The molecule has 11 nitrogen and oxygen atoms in total. The van der Waals surface area contributed by atoms with Crippen LogP contribution in [0.4, 0.5) is 4.79 Å². The molecule has 5 N–H and O–H groups in total. The second kappa shape index (κ2) is 12.9. The minimum atomic E-state index is -0.781. The number of aliphatic hydroxyl groups excluding tert-OH is 2. The number of ether oxygens (including phenoxy) is 2. The molecule has 41 heavy (non-hydrogen) atoms. The van der Waals surface area contributed by atoms with Crippen molar-refractivity contribution in [3.8, 4) is 16.9 Å². The zero-order valence-corrected chi connectivity index (χ0v) is 23.2. The van der Waals surface area contributed by atoms with Crippen molar-refractivity contribution in [2.75, 3.05) is 26.2 Å². The molecule has 5 rings (SSSR count). The van der Waals surface area contributed by atoms with Crippen molar-refractivity contribution in [1.82, 2.24) is 20.9 Å². The SMILES string of the molecule is CCNC(=O)N1C[C@@H]2C[C@H]1C(=O)NC[C@H]1O[C@H](CCOc3cc(-c4ccc(CO)cc4)ccc3C(=O)N2)CC[C@@H]1O. The molecule has 4 bridgehead atoms. The summed E-state index contributed by atoms with van der Waals surface area (Å²) in [6.45, 7) is 2.74. The van der Waals surface area contributed by atoms with Gasteiger partial charge in [0.1, 0.15) is 17.9 Å². The van der Waals surface area contributed by atoms with Gasteiger partial charge in [0, 0.05) is 32.1 Å². The maximum absolute atomic E-state index is 13.5. The average molecular weight is 567 g/mol. The molecule has 4 amide bonds. The van der Waals surface area contributed by atoms with Crippen LogP contribution >= 0.6 is 0 Å². The number of aliphatic hydroxyl groups is 2. The van der Waals surface area contributed by atoms with Gasteiger partial charge in [-0.2, -0.15) is 0 Å². The number of carbonyl (C=O) groups excluding carboxylic acids is 3. The van der Waals surface area contributed by atoms with Crippen LogP contribution in [0, 0.1) is 0 Å². The number of nitrogens with one attached hydrogen (secondary N) is 3. The fraction of sp³-hybridized carbons (Fsp3) is 0.500. The van der Waals surface area contributed by atoms with Crippen molar-refractivity contribution in [1.29, 1.82) is 0 Å². The second-order valence-corrected chi connectivity index (χ2v) is 10.8. The van der Waals surface area contributed by atoms with Gasteiger partial charge in [-0.15, -0.1) is 0 Å². The Labute approximate surface area is 239 Å². The van der Waals surface area contributed by atoms with Gasteiger partial charge in [-0.1, -0.05) is 30.3 Å². The summed E-state index contributed by atoms with van der Waals surface area (Å²) in [4.78, 5) is 41.0. The van der Waals surface area contributed by atoms with E-state index in [0.717, 1.165) is 16.7 Å². The summed E-state index contributed by atoms with van der Waals surface area (Å²) in [6, 6.07) is 11.3. The molecule has 0 radical (unpaired) electrons. The predicted molar refractivity (Wildman–Crippen MR) is 150 cm³/mol. The van der Waals surface area contributed by atoms with Crippen LogP contribution in [0.1, 0.15) is 48.5 Å². The van der Waals surface area contributed by atoms with E-state index in [1.54, 1.807) is 13.0 Å². The van der Waals surface area contributed by atoms with Crippen molar-refractivity contribution in [2.45, 2.75) is 69.6 Å². The Balaban J connectivity index is 1.44. The number of amides is 4. The van der Waals surface area contributed by atoms with E-state index in [0.29, 0.717) is 43.7 Å². The average Bonchev–Trinajstić information content (AvgIpc) is 3.40. The third-order valence-electron chi connectivity index (χ3n) is 7.98. The predicted octanol–water partition coefficient (Wildman–Crippen LogP) is 1.56. The van der Waals surface area contributed by atoms with Gasteiger partial charge in [0.25, 0.3) is 5.91 Å². The first-order chi connectivity index (χ1) is 19.9. The topological polar surface area (TPSA) is 149 Å². The Morgan fingerprint density at radius 1 is 1.10 bits per heavy atom. The first-order valence-electron chi connectivity index (χ1n) is 14.3. The molecule has 0 spiro atoms. The molecule has 2 aromatic carbocycles. The molecular weight excluding hydrogens is 528 g/mol. The third-order valence-corrected chi connectivity index (χ3v) is 7.98. The molecule has 3 aliphatic heterocycles. The van der Waals surface area contributed by atoms with Gasteiger partial charge >= 0.3 is 6.03 Å². The molecule has 5 atom stereocenters. The lowest BCUT2D eigenvalue weighted by Crippen LogP contribution is -2.52. The van der Waals surface area contributed by atoms with E-state index in [1.165, 1.54) is 4.90 Å². The number of nitrogens with zero attached hydrogens (tertiary/aromatic N) is 1. The van der Waals surface area contributed by atoms with E-state index in [1.807, 2.05) is 36.4 Å². The van der Waals surface area contributed by atoms with E-state index < -0.39 is 24.3 Å². The highest BCUT2D eigenvalue weighted by Gasteiger charge is 2.41. The number of hydrogen-bond donors (Lipinski definition) is 5. The van der Waals surface area contributed by atoms with Crippen LogP contribution in [0.25, 0.3) is 11.1 Å². The standard InChI is InChI=1S/C30H38N4O7/c1-2-31-30(39)34-16-21-14-24(34)29(38)32-15-27-25(36)10-8-22(41-27)11-12-40-26-13-20(7-9-23(26)28(37)33-21)19-5-3-18(17-35)4-6-19/h3-7,9,13,21-22,24-25,27,35-36H,2,8,10-12,14-17H2,1H3,(H,31,39)(H,32,38)(H,33,37)/t21-,22-,24-,25-,27+/m0/s1. The molecule has 0 aromatic heterocycles. The smallest absolute Gasteiger partial charge is 0.318 e. The molecule has 0 saturated carbocycles. The molecule has 220 valence electrons. The molecule has 11 heteroatoms. The van der Waals surface area contributed by atoms with Crippen LogP contribution < -0.4 is 20.7 Å². The van der Waals surface area contributed by atoms with Gasteiger partial charge in [-0.25, -0.2) is 4.79 Å². The summed E-state index contributed by atoms with van der Waals surface area (Å²) in [7, 11) is 0. The zero-order valence-electron chi connectivity index (χ0n) is 23.2. The van der Waals surface area contributed by atoms with Crippen LogP contribution in [-0.2, 0) is 16.1 Å². The summed E-state index contributed by atoms with van der Waals surface area (Å²) in [5.41, 5.74) is 2.92. The fourth-order valence-corrected chi connectivity index (χ4v) is 5.71. The number of hydrogen-bond acceptors (Lipinski definition) is 7. The van der Waals surface area contributed by atoms with Gasteiger partial charge < -0.3 is 40.5 Å². The highest BCUT2D eigenvalue weighted by molar-refractivity contribution is 5.98. The largest absolute Gasteiger partial charge is 0.493 e. The Kier molecular flexibility index (Phi) is 9.06. The van der Waals surface area contributed by atoms with Crippen LogP contribution in [0.5, 0.6) is 5.75 Å². The molecule has 3 aliphatic rings. The number of carbonyl (C=O) groups is 3. The van der Waals surface area contributed by atoms with Crippen LogP contribution in [0.2, 0.25) is 0 Å². The number of rotatable bonds is 3. The Morgan fingerprint density at radius 2 is 1.88 bits per heavy atom. The van der Waals surface area contributed by atoms with Gasteiger partial charge in [-0.05, 0) is 55.0 Å². The minimum Gasteiger partial charge on any atom is -0.493 e. The number of likely N-dealkylation sites (tertiary alicyclic amines) is 1. The molecule has 2 saturated heterocycles. The van der Waals surface area contributed by atoms with Crippen LogP contribution in [0.15, 0.2) is 42.5 Å². The summed E-state index contributed by atoms with van der Waals surface area (Å²) in [5.74, 6) is -0.287. The maximum Gasteiger partial charge on any atom is 0.318 e. The highest BCUT2D eigenvalue weighted by Crippen LogP contribution is 2.30. The highest BCUT2D eigenvalue weighted by atomic mass is 16.5.